The van der Waals surface area contributed by atoms with E-state index in [0.29, 0.717) is 6.42 Å². The van der Waals surface area contributed by atoms with E-state index >= 15 is 0 Å². The molecule has 0 heterocycles. The van der Waals surface area contributed by atoms with E-state index in [-0.39, 0.29) is 6.42 Å². The van der Waals surface area contributed by atoms with Crippen LogP contribution in [0.1, 0.15) is 64.7 Å². The van der Waals surface area contributed by atoms with Gasteiger partial charge in [-0.3, -0.25) is 10.1 Å². The van der Waals surface area contributed by atoms with Gasteiger partial charge in [-0.1, -0.05) is 80.5 Å². The minimum absolute atomic E-state index is 0.0870. The third kappa shape index (κ3) is 16.8. The van der Waals surface area contributed by atoms with Crippen LogP contribution in [0.5, 0.6) is 0 Å². The first-order chi connectivity index (χ1) is 13.1. The van der Waals surface area contributed by atoms with Gasteiger partial charge in [-0.05, 0) is 38.5 Å². The third-order valence-corrected chi connectivity index (χ3v) is 3.80. The lowest BCUT2D eigenvalue weighted by atomic mass is 10.2. The van der Waals surface area contributed by atoms with E-state index in [1.54, 1.807) is 12.2 Å². The third-order valence-electron chi connectivity index (χ3n) is 3.80. The van der Waals surface area contributed by atoms with Crippen LogP contribution in [0.2, 0.25) is 0 Å². The van der Waals surface area contributed by atoms with E-state index in [1.165, 1.54) is 25.7 Å². The number of hydrogen-bond acceptors (Lipinski definition) is 3. The van der Waals surface area contributed by atoms with Gasteiger partial charge in [0.25, 0.3) is 0 Å². The Bertz CT molecular complexity index is 531. The van der Waals surface area contributed by atoms with Crippen molar-refractivity contribution in [1.29, 1.82) is 0 Å². The molecule has 0 aromatic carbocycles. The van der Waals surface area contributed by atoms with Gasteiger partial charge >= 0.3 is 12.0 Å². The van der Waals surface area contributed by atoms with Crippen molar-refractivity contribution >= 4 is 5.97 Å². The largest absolute Gasteiger partial charge is 0.476 e. The second-order valence-corrected chi connectivity index (χ2v) is 6.17. The number of rotatable bonds is 16. The number of nitrogens with zero attached hydrogens (tertiary/aromatic N) is 1. The van der Waals surface area contributed by atoms with E-state index in [1.807, 2.05) is 12.2 Å². The van der Waals surface area contributed by atoms with Gasteiger partial charge in [0, 0.05) is 11.3 Å². The summed E-state index contributed by atoms with van der Waals surface area (Å²) in [5, 5.41) is 19.2. The van der Waals surface area contributed by atoms with Crippen LogP contribution in [0.3, 0.4) is 0 Å². The standard InChI is InChI=1S/C22H33NO4/c1-2-3-4-5-6-7-8-9-10-11-12-13-14-15-16-17-18-19-20-21(22(24)25)23(26)27/h6-7,9-10,12-13,15-16,18-19,21H,2-5,8,11,14,17,20H2,1H3,(H,24,25)/b7-6+,10-9+,13-12+,16-15+,19-18+. The summed E-state index contributed by atoms with van der Waals surface area (Å²) in [6.45, 7) is 2.22. The lowest BCUT2D eigenvalue weighted by Gasteiger charge is -1.99. The Hall–Kier alpha value is -2.43. The van der Waals surface area contributed by atoms with Gasteiger partial charge < -0.3 is 5.11 Å². The number of carboxylic acids is 1. The number of carbonyl (C=O) groups is 1. The lowest BCUT2D eigenvalue weighted by Crippen LogP contribution is -2.28. The molecule has 0 saturated heterocycles. The van der Waals surface area contributed by atoms with Gasteiger partial charge in [-0.2, -0.15) is 0 Å². The number of hydrogen-bond donors (Lipinski definition) is 1. The molecule has 5 heteroatoms. The smallest absolute Gasteiger partial charge is 0.379 e. The van der Waals surface area contributed by atoms with Crippen molar-refractivity contribution in [3.63, 3.8) is 0 Å². The normalized spacial score (nSPS) is 13.7. The Kier molecular flexibility index (Phi) is 16.7. The highest BCUT2D eigenvalue weighted by Gasteiger charge is 2.27. The molecule has 0 spiro atoms. The SMILES string of the molecule is CCCCC/C=C/C/C=C/C/C=C/C/C=C/C/C=C/CC(C(=O)O)[N+](=O)[O-]. The minimum Gasteiger partial charge on any atom is -0.476 e. The van der Waals surface area contributed by atoms with Crippen molar-refractivity contribution in [3.05, 3.63) is 70.9 Å². The fourth-order valence-corrected chi connectivity index (χ4v) is 2.22. The van der Waals surface area contributed by atoms with Gasteiger partial charge in [0.2, 0.25) is 0 Å². The number of allylic oxidation sites excluding steroid dienone is 9. The first-order valence-electron chi connectivity index (χ1n) is 9.70. The fourth-order valence-electron chi connectivity index (χ4n) is 2.22. The van der Waals surface area contributed by atoms with Crippen molar-refractivity contribution in [2.75, 3.05) is 0 Å². The van der Waals surface area contributed by atoms with Crippen LogP contribution in [-0.2, 0) is 4.79 Å². The minimum atomic E-state index is -1.56. The summed E-state index contributed by atoms with van der Waals surface area (Å²) in [7, 11) is 0. The molecule has 0 aromatic heterocycles. The second-order valence-electron chi connectivity index (χ2n) is 6.17. The molecule has 0 fully saturated rings. The fraction of sp³-hybridized carbons (Fsp3) is 0.500. The van der Waals surface area contributed by atoms with Crippen LogP contribution >= 0.6 is 0 Å². The molecule has 0 rings (SSSR count). The highest BCUT2D eigenvalue weighted by atomic mass is 16.6. The summed E-state index contributed by atoms with van der Waals surface area (Å²) in [6, 6.07) is -1.56. The molecule has 1 atom stereocenters. The number of unbranched alkanes of at least 4 members (excludes halogenated alkanes) is 3. The summed E-state index contributed by atoms with van der Waals surface area (Å²) < 4.78 is 0. The molecule has 1 unspecified atom stereocenters. The van der Waals surface area contributed by atoms with E-state index in [2.05, 4.69) is 43.4 Å². The zero-order valence-electron chi connectivity index (χ0n) is 16.3. The molecule has 0 saturated carbocycles. The lowest BCUT2D eigenvalue weighted by molar-refractivity contribution is -0.509. The molecule has 0 amide bonds. The Morgan fingerprint density at radius 1 is 0.852 bits per heavy atom. The van der Waals surface area contributed by atoms with E-state index in [9.17, 15) is 14.9 Å². The van der Waals surface area contributed by atoms with E-state index in [4.69, 9.17) is 5.11 Å². The Morgan fingerprint density at radius 3 is 1.70 bits per heavy atom. The Morgan fingerprint density at radius 2 is 1.30 bits per heavy atom. The molecule has 0 radical (unpaired) electrons. The second kappa shape index (κ2) is 18.4. The van der Waals surface area contributed by atoms with Gasteiger partial charge in [-0.15, -0.1) is 0 Å². The van der Waals surface area contributed by atoms with Crippen molar-refractivity contribution in [1.82, 2.24) is 0 Å². The van der Waals surface area contributed by atoms with Crippen molar-refractivity contribution in [2.45, 2.75) is 70.8 Å². The molecule has 5 nitrogen and oxygen atoms in total. The van der Waals surface area contributed by atoms with Crippen molar-refractivity contribution < 1.29 is 14.8 Å². The van der Waals surface area contributed by atoms with E-state index in [0.717, 1.165) is 19.3 Å². The van der Waals surface area contributed by atoms with Crippen molar-refractivity contribution in [2.24, 2.45) is 0 Å². The first kappa shape index (κ1) is 24.6. The van der Waals surface area contributed by atoms with Gasteiger partial charge in [0.05, 0.1) is 0 Å². The molecule has 0 aliphatic heterocycles. The monoisotopic (exact) mass is 375 g/mol. The Balaban J connectivity index is 3.70. The van der Waals surface area contributed by atoms with Crippen molar-refractivity contribution in [3.8, 4) is 0 Å². The van der Waals surface area contributed by atoms with Crippen LogP contribution in [0.4, 0.5) is 0 Å². The van der Waals surface area contributed by atoms with Crippen LogP contribution < -0.4 is 0 Å². The molecule has 0 aliphatic rings. The maximum absolute atomic E-state index is 10.6. The predicted octanol–water partition coefficient (Wildman–Crippen LogP) is 6.03. The highest BCUT2D eigenvalue weighted by Crippen LogP contribution is 2.02. The molecular weight excluding hydrogens is 342 g/mol. The van der Waals surface area contributed by atoms with Crippen LogP contribution in [0.15, 0.2) is 60.8 Å². The molecule has 0 aliphatic carbocycles. The number of carboxylic acid groups (broad SMARTS) is 1. The summed E-state index contributed by atoms with van der Waals surface area (Å²) in [6.07, 6.45) is 28.7. The molecular formula is C22H33NO4. The van der Waals surface area contributed by atoms with Gasteiger partial charge in [0.15, 0.2) is 0 Å². The first-order valence-corrected chi connectivity index (χ1v) is 9.70. The van der Waals surface area contributed by atoms with Gasteiger partial charge in [0.1, 0.15) is 0 Å². The summed E-state index contributed by atoms with van der Waals surface area (Å²) in [5.74, 6) is -1.40. The number of aliphatic carboxylic acids is 1. The predicted molar refractivity (Wildman–Crippen MR) is 111 cm³/mol. The molecule has 0 aromatic rings. The highest BCUT2D eigenvalue weighted by molar-refractivity contribution is 5.72. The zero-order valence-corrected chi connectivity index (χ0v) is 16.3. The van der Waals surface area contributed by atoms with Crippen LogP contribution in [-0.4, -0.2) is 22.0 Å². The quantitative estimate of drug-likeness (QED) is 0.155. The molecule has 1 N–H and O–H groups in total. The molecule has 0 bridgehead atoms. The summed E-state index contributed by atoms with van der Waals surface area (Å²) in [5.41, 5.74) is 0. The summed E-state index contributed by atoms with van der Waals surface area (Å²) in [4.78, 5) is 20.4. The van der Waals surface area contributed by atoms with Crippen LogP contribution in [0, 0.1) is 10.1 Å². The summed E-state index contributed by atoms with van der Waals surface area (Å²) >= 11 is 0. The maximum Gasteiger partial charge on any atom is 0.379 e. The van der Waals surface area contributed by atoms with E-state index < -0.39 is 16.9 Å². The average molecular weight is 376 g/mol. The molecule has 27 heavy (non-hydrogen) atoms. The Labute approximate surface area is 163 Å². The van der Waals surface area contributed by atoms with Crippen LogP contribution in [0.25, 0.3) is 0 Å². The van der Waals surface area contributed by atoms with Gasteiger partial charge in [-0.25, -0.2) is 4.79 Å². The topological polar surface area (TPSA) is 80.4 Å². The molecule has 150 valence electrons. The zero-order chi connectivity index (χ0) is 20.2. The average Bonchev–Trinajstić information content (AvgIpc) is 2.63. The number of nitro groups is 1. The maximum atomic E-state index is 10.6.